The van der Waals surface area contributed by atoms with E-state index in [-0.39, 0.29) is 0 Å². The molecule has 0 amide bonds. The minimum absolute atomic E-state index is 0.398. The molecule has 0 radical (unpaired) electrons. The number of nitrogens with one attached hydrogen (secondary N) is 1. The van der Waals surface area contributed by atoms with Crippen molar-refractivity contribution in [3.63, 3.8) is 0 Å². The highest BCUT2D eigenvalue weighted by molar-refractivity contribution is 5.71. The summed E-state index contributed by atoms with van der Waals surface area (Å²) >= 11 is 0. The predicted octanol–water partition coefficient (Wildman–Crippen LogP) is 5.40. The summed E-state index contributed by atoms with van der Waals surface area (Å²) in [5, 5.41) is 0. The van der Waals surface area contributed by atoms with Crippen molar-refractivity contribution in [1.29, 1.82) is 0 Å². The van der Waals surface area contributed by atoms with Gasteiger partial charge in [-0.05, 0) is 36.2 Å². The Morgan fingerprint density at radius 3 is 2.48 bits per heavy atom. The zero-order chi connectivity index (χ0) is 20.2. The van der Waals surface area contributed by atoms with Crippen molar-refractivity contribution in [2.45, 2.75) is 13.8 Å². The first-order valence-corrected chi connectivity index (χ1v) is 9.59. The van der Waals surface area contributed by atoms with Gasteiger partial charge in [-0.25, -0.2) is 4.79 Å². The quantitative estimate of drug-likeness (QED) is 0.482. The van der Waals surface area contributed by atoms with Crippen molar-refractivity contribution >= 4 is 0 Å². The number of rotatable bonds is 6. The highest BCUT2D eigenvalue weighted by Crippen LogP contribution is 2.32. The maximum absolute atomic E-state index is 12.3. The second-order valence-electron chi connectivity index (χ2n) is 7.22. The number of furan rings is 1. The molecule has 0 fully saturated rings. The molecule has 0 bridgehead atoms. The summed E-state index contributed by atoms with van der Waals surface area (Å²) in [6.07, 6.45) is 0. The van der Waals surface area contributed by atoms with Crippen LogP contribution in [0.4, 0.5) is 0 Å². The molecule has 0 aliphatic heterocycles. The van der Waals surface area contributed by atoms with Crippen molar-refractivity contribution in [2.24, 2.45) is 5.92 Å². The van der Waals surface area contributed by atoms with E-state index in [2.05, 4.69) is 23.8 Å². The number of hydrogen-bond donors (Lipinski definition) is 1. The Balaban J connectivity index is 1.71. The van der Waals surface area contributed by atoms with Crippen molar-refractivity contribution < 1.29 is 9.15 Å². The van der Waals surface area contributed by atoms with Crippen LogP contribution in [0.1, 0.15) is 13.8 Å². The van der Waals surface area contributed by atoms with Crippen LogP contribution >= 0.6 is 0 Å². The molecule has 0 aliphatic rings. The van der Waals surface area contributed by atoms with Crippen molar-refractivity contribution in [1.82, 2.24) is 9.97 Å². The van der Waals surface area contributed by atoms with E-state index in [1.807, 2.05) is 72.8 Å². The van der Waals surface area contributed by atoms with E-state index < -0.39 is 5.69 Å². The summed E-state index contributed by atoms with van der Waals surface area (Å²) in [5.41, 5.74) is 2.45. The molecule has 2 heterocycles. The van der Waals surface area contributed by atoms with Gasteiger partial charge in [0.25, 0.3) is 0 Å². The number of nitrogens with zero attached hydrogens (tertiary/aromatic N) is 1. The van der Waals surface area contributed by atoms with E-state index in [0.29, 0.717) is 29.7 Å². The molecule has 146 valence electrons. The average molecular weight is 386 g/mol. The van der Waals surface area contributed by atoms with E-state index in [1.54, 1.807) is 0 Å². The Kier molecular flexibility index (Phi) is 5.29. The van der Waals surface area contributed by atoms with Gasteiger partial charge in [-0.1, -0.05) is 56.3 Å². The average Bonchev–Trinajstić information content (AvgIpc) is 3.23. The Morgan fingerprint density at radius 1 is 0.966 bits per heavy atom. The molecular formula is C24H22N2O3. The van der Waals surface area contributed by atoms with Crippen molar-refractivity contribution in [2.75, 3.05) is 6.61 Å². The summed E-state index contributed by atoms with van der Waals surface area (Å²) in [7, 11) is 0. The summed E-state index contributed by atoms with van der Waals surface area (Å²) in [6, 6.07) is 23.0. The zero-order valence-corrected chi connectivity index (χ0v) is 16.4. The second kappa shape index (κ2) is 8.19. The summed E-state index contributed by atoms with van der Waals surface area (Å²) in [6.45, 7) is 4.78. The third-order valence-corrected chi connectivity index (χ3v) is 4.41. The third-order valence-electron chi connectivity index (χ3n) is 4.41. The minimum atomic E-state index is -0.436. The molecule has 0 saturated heterocycles. The van der Waals surface area contributed by atoms with Gasteiger partial charge in [0.2, 0.25) is 0 Å². The molecule has 29 heavy (non-hydrogen) atoms. The van der Waals surface area contributed by atoms with E-state index in [4.69, 9.17) is 9.15 Å². The van der Waals surface area contributed by atoms with E-state index in [9.17, 15) is 4.79 Å². The van der Waals surface area contributed by atoms with Gasteiger partial charge in [-0.3, -0.25) is 0 Å². The van der Waals surface area contributed by atoms with Crippen LogP contribution < -0.4 is 10.4 Å². The number of para-hydroxylation sites is 1. The molecule has 1 N–H and O–H groups in total. The maximum atomic E-state index is 12.3. The summed E-state index contributed by atoms with van der Waals surface area (Å²) in [5.74, 6) is 2.38. The molecule has 5 heteroatoms. The molecular weight excluding hydrogens is 364 g/mol. The van der Waals surface area contributed by atoms with Gasteiger partial charge in [0.1, 0.15) is 17.2 Å². The Morgan fingerprint density at radius 2 is 1.69 bits per heavy atom. The van der Waals surface area contributed by atoms with Crippen LogP contribution in [0.25, 0.3) is 34.0 Å². The number of aromatic amines is 1. The smallest absolute Gasteiger partial charge is 0.346 e. The van der Waals surface area contributed by atoms with Gasteiger partial charge in [-0.2, -0.15) is 4.98 Å². The highest BCUT2D eigenvalue weighted by atomic mass is 16.5. The van der Waals surface area contributed by atoms with Crippen molar-refractivity contribution in [3.05, 3.63) is 83.3 Å². The lowest BCUT2D eigenvalue weighted by atomic mass is 10.1. The van der Waals surface area contributed by atoms with Gasteiger partial charge < -0.3 is 14.1 Å². The molecule has 2 aromatic heterocycles. The fourth-order valence-corrected chi connectivity index (χ4v) is 3.03. The molecule has 4 aromatic rings. The summed E-state index contributed by atoms with van der Waals surface area (Å²) < 4.78 is 11.9. The topological polar surface area (TPSA) is 68.1 Å². The van der Waals surface area contributed by atoms with Crippen LogP contribution in [-0.2, 0) is 0 Å². The highest BCUT2D eigenvalue weighted by Gasteiger charge is 2.13. The first-order valence-electron chi connectivity index (χ1n) is 9.59. The molecule has 0 aliphatic carbocycles. The maximum Gasteiger partial charge on any atom is 0.346 e. The first-order chi connectivity index (χ1) is 14.1. The number of H-pyrrole nitrogens is 1. The number of hydrogen-bond acceptors (Lipinski definition) is 4. The Hall–Kier alpha value is -3.60. The number of ether oxygens (including phenoxy) is 1. The van der Waals surface area contributed by atoms with E-state index in [1.165, 1.54) is 0 Å². The predicted molar refractivity (Wildman–Crippen MR) is 114 cm³/mol. The molecule has 0 unspecified atom stereocenters. The monoisotopic (exact) mass is 386 g/mol. The Bertz CT molecular complexity index is 1160. The lowest BCUT2D eigenvalue weighted by molar-refractivity contribution is 0.272. The molecule has 2 aromatic carbocycles. The standard InChI is InChI=1S/C24H22N2O3/c1-16(2)15-28-22-11-7-6-10-18(22)19-14-20(26-24(27)25-19)23-13-12-21(29-23)17-8-4-3-5-9-17/h3-14,16H,15H2,1-2H3,(H,25,26,27). The van der Waals surface area contributed by atoms with Gasteiger partial charge in [0.15, 0.2) is 5.76 Å². The number of benzene rings is 2. The van der Waals surface area contributed by atoms with Gasteiger partial charge in [0, 0.05) is 11.1 Å². The lowest BCUT2D eigenvalue weighted by Crippen LogP contribution is -2.12. The molecule has 0 spiro atoms. The Labute approximate surface area is 169 Å². The van der Waals surface area contributed by atoms with Gasteiger partial charge >= 0.3 is 5.69 Å². The first kappa shape index (κ1) is 18.7. The molecule has 5 nitrogen and oxygen atoms in total. The van der Waals surface area contributed by atoms with Crippen LogP contribution in [0.5, 0.6) is 5.75 Å². The fourth-order valence-electron chi connectivity index (χ4n) is 3.03. The van der Waals surface area contributed by atoms with Crippen LogP contribution in [0.2, 0.25) is 0 Å². The zero-order valence-electron chi connectivity index (χ0n) is 16.4. The molecule has 4 rings (SSSR count). The summed E-state index contributed by atoms with van der Waals surface area (Å²) in [4.78, 5) is 19.2. The lowest BCUT2D eigenvalue weighted by Gasteiger charge is -2.13. The van der Waals surface area contributed by atoms with Crippen LogP contribution in [0.3, 0.4) is 0 Å². The fraction of sp³-hybridized carbons (Fsp3) is 0.167. The van der Waals surface area contributed by atoms with Gasteiger partial charge in [0.05, 0.1) is 12.3 Å². The minimum Gasteiger partial charge on any atom is -0.493 e. The largest absolute Gasteiger partial charge is 0.493 e. The second-order valence-corrected chi connectivity index (χ2v) is 7.22. The van der Waals surface area contributed by atoms with E-state index in [0.717, 1.165) is 22.6 Å². The van der Waals surface area contributed by atoms with Crippen LogP contribution in [0, 0.1) is 5.92 Å². The van der Waals surface area contributed by atoms with Gasteiger partial charge in [-0.15, -0.1) is 0 Å². The number of aromatic nitrogens is 2. The van der Waals surface area contributed by atoms with Crippen LogP contribution in [0.15, 0.2) is 82.0 Å². The normalized spacial score (nSPS) is 11.0. The third kappa shape index (κ3) is 4.29. The van der Waals surface area contributed by atoms with Crippen LogP contribution in [-0.4, -0.2) is 16.6 Å². The van der Waals surface area contributed by atoms with Crippen molar-refractivity contribution in [3.8, 4) is 39.8 Å². The SMILES string of the molecule is CC(C)COc1ccccc1-c1cc(-c2ccc(-c3ccccc3)o2)nc(=O)[nH]1. The van der Waals surface area contributed by atoms with E-state index >= 15 is 0 Å². The molecule has 0 saturated carbocycles. The molecule has 0 atom stereocenters.